The number of nitrogens with one attached hydrogen (secondary N) is 1. The largest absolute Gasteiger partial charge is 0.493 e. The van der Waals surface area contributed by atoms with E-state index in [1.807, 2.05) is 18.2 Å². The molecule has 4 saturated carbocycles. The Morgan fingerprint density at radius 3 is 2.48 bits per heavy atom. The van der Waals surface area contributed by atoms with Crippen molar-refractivity contribution in [1.82, 2.24) is 5.32 Å². The highest BCUT2D eigenvalue weighted by atomic mass is 16.5. The van der Waals surface area contributed by atoms with Gasteiger partial charge >= 0.3 is 0 Å². The summed E-state index contributed by atoms with van der Waals surface area (Å²) in [5.74, 6) is 4.69. The minimum atomic E-state index is -0.233. The molecule has 224 valence electrons. The molecule has 6 heteroatoms. The molecule has 4 fully saturated rings. The van der Waals surface area contributed by atoms with E-state index in [1.165, 1.54) is 25.7 Å². The SMILES string of the molecule is COc1ccc(CCNC(=O)CCC(C)C2CCC3C4C(O)CC5CC(O)CCC5(C)C4CCC23C)cc1OC. The van der Waals surface area contributed by atoms with Crippen molar-refractivity contribution in [1.29, 1.82) is 0 Å². The fourth-order valence-electron chi connectivity index (χ4n) is 10.2. The summed E-state index contributed by atoms with van der Waals surface area (Å²) in [4.78, 5) is 12.8. The predicted octanol–water partition coefficient (Wildman–Crippen LogP) is 5.77. The van der Waals surface area contributed by atoms with Gasteiger partial charge in [-0.1, -0.05) is 26.8 Å². The minimum Gasteiger partial charge on any atom is -0.493 e. The number of hydrogen-bond donors (Lipinski definition) is 3. The molecule has 10 atom stereocenters. The number of carbonyl (C=O) groups is 1. The third kappa shape index (κ3) is 5.40. The summed E-state index contributed by atoms with van der Waals surface area (Å²) in [6, 6.07) is 5.90. The predicted molar refractivity (Wildman–Crippen MR) is 157 cm³/mol. The molecule has 6 nitrogen and oxygen atoms in total. The third-order valence-electron chi connectivity index (χ3n) is 12.4. The number of ether oxygens (including phenoxy) is 2. The van der Waals surface area contributed by atoms with Gasteiger partial charge < -0.3 is 25.0 Å². The van der Waals surface area contributed by atoms with Crippen LogP contribution in [0.1, 0.15) is 90.5 Å². The summed E-state index contributed by atoms with van der Waals surface area (Å²) >= 11 is 0. The minimum absolute atomic E-state index is 0.136. The zero-order valence-corrected chi connectivity index (χ0v) is 25.5. The highest BCUT2D eigenvalue weighted by molar-refractivity contribution is 5.75. The second kappa shape index (κ2) is 11.8. The lowest BCUT2D eigenvalue weighted by molar-refractivity contribution is -0.174. The van der Waals surface area contributed by atoms with Crippen molar-refractivity contribution in [2.45, 2.75) is 104 Å². The first-order valence-electron chi connectivity index (χ1n) is 15.9. The van der Waals surface area contributed by atoms with E-state index < -0.39 is 0 Å². The maximum atomic E-state index is 12.8. The molecule has 40 heavy (non-hydrogen) atoms. The van der Waals surface area contributed by atoms with Crippen LogP contribution in [0.5, 0.6) is 11.5 Å². The standard InChI is InChI=1S/C34H53NO5/c1-21(6-11-31(38)35-17-14-22-7-10-29(39-4)30(18-22)40-5)25-8-9-26-32-27(13-16-34(25,26)3)33(2)15-12-24(36)19-23(33)20-28(32)37/h7,10,18,21,23-28,32,36-37H,6,8-9,11-17,19-20H2,1-5H3,(H,35,38). The van der Waals surface area contributed by atoms with Crippen molar-refractivity contribution >= 4 is 5.91 Å². The van der Waals surface area contributed by atoms with E-state index in [1.54, 1.807) is 14.2 Å². The van der Waals surface area contributed by atoms with E-state index in [4.69, 9.17) is 9.47 Å². The smallest absolute Gasteiger partial charge is 0.220 e. The first kappa shape index (κ1) is 29.7. The Kier molecular flexibility index (Phi) is 8.78. The summed E-state index contributed by atoms with van der Waals surface area (Å²) < 4.78 is 10.7. The number of hydrogen-bond acceptors (Lipinski definition) is 5. The number of fused-ring (bicyclic) bond motifs is 5. The molecule has 0 spiro atoms. The van der Waals surface area contributed by atoms with E-state index in [9.17, 15) is 15.0 Å². The Morgan fingerprint density at radius 2 is 1.73 bits per heavy atom. The fourth-order valence-corrected chi connectivity index (χ4v) is 10.2. The molecule has 0 aliphatic heterocycles. The van der Waals surface area contributed by atoms with E-state index in [2.05, 4.69) is 26.1 Å². The van der Waals surface area contributed by atoms with Crippen LogP contribution < -0.4 is 14.8 Å². The first-order chi connectivity index (χ1) is 19.1. The molecule has 0 aromatic heterocycles. The second-order valence-corrected chi connectivity index (χ2v) is 14.3. The van der Waals surface area contributed by atoms with Crippen molar-refractivity contribution < 1.29 is 24.5 Å². The van der Waals surface area contributed by atoms with Gasteiger partial charge in [0.1, 0.15) is 0 Å². The highest BCUT2D eigenvalue weighted by Crippen LogP contribution is 2.68. The normalized spacial score (nSPS) is 39.4. The Hall–Kier alpha value is -1.79. The topological polar surface area (TPSA) is 88.0 Å². The zero-order valence-electron chi connectivity index (χ0n) is 25.5. The van der Waals surface area contributed by atoms with Crippen molar-refractivity contribution in [2.75, 3.05) is 20.8 Å². The van der Waals surface area contributed by atoms with Crippen LogP contribution >= 0.6 is 0 Å². The van der Waals surface area contributed by atoms with Crippen LogP contribution in [-0.4, -0.2) is 49.1 Å². The maximum Gasteiger partial charge on any atom is 0.220 e. The van der Waals surface area contributed by atoms with E-state index in [-0.39, 0.29) is 28.9 Å². The van der Waals surface area contributed by atoms with Gasteiger partial charge in [-0.05, 0) is 128 Å². The molecule has 10 unspecified atom stereocenters. The molecule has 0 bridgehead atoms. The van der Waals surface area contributed by atoms with Gasteiger partial charge in [-0.25, -0.2) is 0 Å². The van der Waals surface area contributed by atoms with Gasteiger partial charge in [0, 0.05) is 13.0 Å². The van der Waals surface area contributed by atoms with Gasteiger partial charge in [0.15, 0.2) is 11.5 Å². The van der Waals surface area contributed by atoms with Crippen LogP contribution in [0.2, 0.25) is 0 Å². The number of benzene rings is 1. The first-order valence-corrected chi connectivity index (χ1v) is 15.9. The zero-order chi connectivity index (χ0) is 28.7. The van der Waals surface area contributed by atoms with Crippen LogP contribution in [0.15, 0.2) is 18.2 Å². The summed E-state index contributed by atoms with van der Waals surface area (Å²) in [6.07, 6.45) is 10.5. The van der Waals surface area contributed by atoms with Crippen LogP contribution in [-0.2, 0) is 11.2 Å². The van der Waals surface area contributed by atoms with Gasteiger partial charge in [-0.15, -0.1) is 0 Å². The third-order valence-corrected chi connectivity index (χ3v) is 12.4. The van der Waals surface area contributed by atoms with Crippen molar-refractivity contribution in [3.63, 3.8) is 0 Å². The highest BCUT2D eigenvalue weighted by Gasteiger charge is 2.62. The van der Waals surface area contributed by atoms with Crippen LogP contribution in [0.25, 0.3) is 0 Å². The Labute approximate surface area is 241 Å². The van der Waals surface area contributed by atoms with E-state index in [0.29, 0.717) is 60.0 Å². The van der Waals surface area contributed by atoms with Gasteiger partial charge in [-0.3, -0.25) is 4.79 Å². The van der Waals surface area contributed by atoms with Gasteiger partial charge in [0.05, 0.1) is 26.4 Å². The quantitative estimate of drug-likeness (QED) is 0.360. The summed E-state index contributed by atoms with van der Waals surface area (Å²) in [7, 11) is 3.27. The number of rotatable bonds is 9. The summed E-state index contributed by atoms with van der Waals surface area (Å²) in [5, 5.41) is 24.9. The van der Waals surface area contributed by atoms with E-state index >= 15 is 0 Å². The lowest BCUT2D eigenvalue weighted by Crippen LogP contribution is -2.58. The van der Waals surface area contributed by atoms with Crippen molar-refractivity contribution in [3.8, 4) is 11.5 Å². The molecular formula is C34H53NO5. The average molecular weight is 556 g/mol. The average Bonchev–Trinajstić information content (AvgIpc) is 3.29. The molecule has 4 aliphatic carbocycles. The van der Waals surface area contributed by atoms with Crippen molar-refractivity contribution in [3.05, 3.63) is 23.8 Å². The maximum absolute atomic E-state index is 12.8. The second-order valence-electron chi connectivity index (χ2n) is 14.3. The molecule has 5 rings (SSSR count). The summed E-state index contributed by atoms with van der Waals surface area (Å²) in [5.41, 5.74) is 1.63. The van der Waals surface area contributed by atoms with Crippen LogP contribution in [0, 0.1) is 46.3 Å². The molecule has 0 saturated heterocycles. The molecule has 3 N–H and O–H groups in total. The van der Waals surface area contributed by atoms with E-state index in [0.717, 1.165) is 44.1 Å². The van der Waals surface area contributed by atoms with Crippen LogP contribution in [0.3, 0.4) is 0 Å². The molecule has 1 aromatic rings. The molecule has 0 radical (unpaired) electrons. The molecule has 4 aliphatic rings. The number of aliphatic hydroxyl groups excluding tert-OH is 2. The number of methoxy groups -OCH3 is 2. The molecular weight excluding hydrogens is 502 g/mol. The Bertz CT molecular complexity index is 1050. The van der Waals surface area contributed by atoms with Crippen LogP contribution in [0.4, 0.5) is 0 Å². The molecule has 1 amide bonds. The van der Waals surface area contributed by atoms with Gasteiger partial charge in [-0.2, -0.15) is 0 Å². The Balaban J connectivity index is 1.14. The Morgan fingerprint density at radius 1 is 1.00 bits per heavy atom. The lowest BCUT2D eigenvalue weighted by atomic mass is 9.43. The van der Waals surface area contributed by atoms with Gasteiger partial charge in [0.2, 0.25) is 5.91 Å². The summed E-state index contributed by atoms with van der Waals surface area (Å²) in [6.45, 7) is 7.97. The van der Waals surface area contributed by atoms with Crippen molar-refractivity contribution in [2.24, 2.45) is 46.3 Å². The van der Waals surface area contributed by atoms with Gasteiger partial charge in [0.25, 0.3) is 0 Å². The number of carbonyl (C=O) groups excluding carboxylic acids is 1. The lowest BCUT2D eigenvalue weighted by Gasteiger charge is -2.62. The monoisotopic (exact) mass is 555 g/mol. The molecule has 1 aromatic carbocycles. The fraction of sp³-hybridized carbons (Fsp3) is 0.794. The number of aliphatic hydroxyl groups is 2. The molecule has 0 heterocycles. The number of amides is 1.